The van der Waals surface area contributed by atoms with Crippen molar-refractivity contribution in [3.05, 3.63) is 57.2 Å². The van der Waals surface area contributed by atoms with Gasteiger partial charge in [-0.1, -0.05) is 0 Å². The lowest BCUT2D eigenvalue weighted by Gasteiger charge is -2.08. The highest BCUT2D eigenvalue weighted by Gasteiger charge is 2.18. The van der Waals surface area contributed by atoms with E-state index in [2.05, 4.69) is 15.3 Å². The number of hydrogen-bond donors (Lipinski definition) is 1. The lowest BCUT2D eigenvalue weighted by Crippen LogP contribution is -2.07. The number of benzene rings is 1. The molecule has 0 saturated carbocycles. The molecule has 0 fully saturated rings. The molecule has 6 nitrogen and oxygen atoms in total. The summed E-state index contributed by atoms with van der Waals surface area (Å²) < 4.78 is 0. The molecule has 0 aliphatic carbocycles. The molecule has 0 aliphatic heterocycles. The van der Waals surface area contributed by atoms with Gasteiger partial charge in [0.2, 0.25) is 0 Å². The second kappa shape index (κ2) is 5.84. The number of pyridine rings is 1. The minimum Gasteiger partial charge on any atom is -0.379 e. The van der Waals surface area contributed by atoms with Crippen molar-refractivity contribution in [2.45, 2.75) is 6.42 Å². The van der Waals surface area contributed by atoms with E-state index >= 15 is 0 Å². The molecule has 7 heteroatoms. The molecule has 3 rings (SSSR count). The summed E-state index contributed by atoms with van der Waals surface area (Å²) in [5.74, 6) is 0. The molecule has 0 radical (unpaired) electrons. The zero-order valence-electron chi connectivity index (χ0n) is 11.0. The van der Waals surface area contributed by atoms with Crippen molar-refractivity contribution < 1.29 is 4.92 Å². The molecular formula is C14H12N4O2S. The van der Waals surface area contributed by atoms with Gasteiger partial charge < -0.3 is 5.32 Å². The molecule has 0 atom stereocenters. The Balaban J connectivity index is 1.87. The van der Waals surface area contributed by atoms with Gasteiger partial charge in [-0.2, -0.15) is 0 Å². The lowest BCUT2D eigenvalue weighted by molar-refractivity contribution is -0.382. The van der Waals surface area contributed by atoms with E-state index in [1.54, 1.807) is 48.0 Å². The van der Waals surface area contributed by atoms with Crippen LogP contribution in [0.2, 0.25) is 0 Å². The van der Waals surface area contributed by atoms with Crippen molar-refractivity contribution in [2.75, 3.05) is 11.9 Å². The molecule has 0 saturated heterocycles. The first-order chi connectivity index (χ1) is 10.3. The maximum absolute atomic E-state index is 11.4. The van der Waals surface area contributed by atoms with E-state index in [1.165, 1.54) is 0 Å². The van der Waals surface area contributed by atoms with Gasteiger partial charge in [0, 0.05) is 30.7 Å². The summed E-state index contributed by atoms with van der Waals surface area (Å²) in [5, 5.41) is 17.9. The predicted molar refractivity (Wildman–Crippen MR) is 82.7 cm³/mol. The van der Waals surface area contributed by atoms with E-state index in [1.807, 2.05) is 5.38 Å². The molecule has 1 aromatic carbocycles. The van der Waals surface area contributed by atoms with Gasteiger partial charge in [0.05, 0.1) is 20.8 Å². The topological polar surface area (TPSA) is 81.0 Å². The normalized spacial score (nSPS) is 10.7. The minimum absolute atomic E-state index is 0.0692. The van der Waals surface area contributed by atoms with E-state index in [4.69, 9.17) is 0 Å². The third kappa shape index (κ3) is 2.82. The van der Waals surface area contributed by atoms with Gasteiger partial charge in [0.1, 0.15) is 5.69 Å². The van der Waals surface area contributed by atoms with Crippen LogP contribution >= 0.6 is 11.3 Å². The Kier molecular flexibility index (Phi) is 3.74. The zero-order valence-corrected chi connectivity index (χ0v) is 11.8. The van der Waals surface area contributed by atoms with Crippen LogP contribution in [0.3, 0.4) is 0 Å². The van der Waals surface area contributed by atoms with E-state index < -0.39 is 0 Å². The lowest BCUT2D eigenvalue weighted by atomic mass is 10.1. The number of aromatic nitrogens is 2. The highest BCUT2D eigenvalue weighted by Crippen LogP contribution is 2.32. The van der Waals surface area contributed by atoms with Crippen molar-refractivity contribution in [3.8, 4) is 0 Å². The number of nitrogens with one attached hydrogen (secondary N) is 1. The summed E-state index contributed by atoms with van der Waals surface area (Å²) in [6.45, 7) is 0.597. The first kappa shape index (κ1) is 13.4. The van der Waals surface area contributed by atoms with Crippen LogP contribution in [0.1, 0.15) is 5.01 Å². The third-order valence-corrected chi connectivity index (χ3v) is 3.92. The fourth-order valence-corrected chi connectivity index (χ4v) is 2.78. The molecule has 21 heavy (non-hydrogen) atoms. The van der Waals surface area contributed by atoms with Crippen LogP contribution in [0.4, 0.5) is 11.4 Å². The molecule has 106 valence electrons. The van der Waals surface area contributed by atoms with Crippen LogP contribution in [-0.4, -0.2) is 21.4 Å². The summed E-state index contributed by atoms with van der Waals surface area (Å²) in [6.07, 6.45) is 4.12. The molecule has 0 amide bonds. The second-order valence-corrected chi connectivity index (χ2v) is 5.37. The smallest absolute Gasteiger partial charge is 0.301 e. The maximum atomic E-state index is 11.4. The number of thiazole rings is 1. The summed E-state index contributed by atoms with van der Waals surface area (Å²) in [5.41, 5.74) is 1.20. The van der Waals surface area contributed by atoms with Crippen molar-refractivity contribution >= 4 is 33.6 Å². The molecule has 2 aromatic heterocycles. The van der Waals surface area contributed by atoms with Crippen LogP contribution < -0.4 is 5.32 Å². The number of nitro groups is 1. The molecule has 3 aromatic rings. The van der Waals surface area contributed by atoms with Crippen LogP contribution in [0.25, 0.3) is 10.9 Å². The minimum atomic E-state index is -0.365. The summed E-state index contributed by atoms with van der Waals surface area (Å²) in [6, 6.07) is 6.91. The Morgan fingerprint density at radius 3 is 2.90 bits per heavy atom. The van der Waals surface area contributed by atoms with E-state index in [0.29, 0.717) is 23.1 Å². The SMILES string of the molecule is O=[N+]([O-])c1c(NCCc2nccs2)ccc2ncccc12. The van der Waals surface area contributed by atoms with Gasteiger partial charge in [0.25, 0.3) is 0 Å². The number of fused-ring (bicyclic) bond motifs is 1. The quantitative estimate of drug-likeness (QED) is 0.578. The Morgan fingerprint density at radius 2 is 2.14 bits per heavy atom. The standard InChI is InChI=1S/C14H12N4O2S/c19-18(20)14-10-2-1-6-15-11(10)3-4-12(14)16-7-5-13-17-8-9-21-13/h1-4,6,8-9,16H,5,7H2. The Bertz CT molecular complexity index is 774. The monoisotopic (exact) mass is 300 g/mol. The van der Waals surface area contributed by atoms with Crippen molar-refractivity contribution in [3.63, 3.8) is 0 Å². The Morgan fingerprint density at radius 1 is 1.24 bits per heavy atom. The number of nitrogens with zero attached hydrogens (tertiary/aromatic N) is 3. The number of hydrogen-bond acceptors (Lipinski definition) is 6. The average Bonchev–Trinajstić information content (AvgIpc) is 3.00. The van der Waals surface area contributed by atoms with Gasteiger partial charge in [-0.3, -0.25) is 15.1 Å². The van der Waals surface area contributed by atoms with Gasteiger partial charge >= 0.3 is 5.69 Å². The highest BCUT2D eigenvalue weighted by atomic mass is 32.1. The summed E-state index contributed by atoms with van der Waals surface area (Å²) >= 11 is 1.58. The van der Waals surface area contributed by atoms with Crippen LogP contribution in [0.15, 0.2) is 42.0 Å². The van der Waals surface area contributed by atoms with Gasteiger partial charge in [-0.05, 0) is 24.3 Å². The van der Waals surface area contributed by atoms with Gasteiger partial charge in [0.15, 0.2) is 0 Å². The molecule has 0 spiro atoms. The largest absolute Gasteiger partial charge is 0.379 e. The molecule has 0 aliphatic rings. The summed E-state index contributed by atoms with van der Waals surface area (Å²) in [7, 11) is 0. The number of nitro benzene ring substituents is 1. The fourth-order valence-electron chi connectivity index (χ4n) is 2.16. The van der Waals surface area contributed by atoms with Crippen molar-refractivity contribution in [1.82, 2.24) is 9.97 Å². The van der Waals surface area contributed by atoms with E-state index in [9.17, 15) is 10.1 Å². The number of rotatable bonds is 5. The molecular weight excluding hydrogens is 288 g/mol. The fraction of sp³-hybridized carbons (Fsp3) is 0.143. The Hall–Kier alpha value is -2.54. The Labute approximate surface area is 124 Å². The first-order valence-electron chi connectivity index (χ1n) is 6.40. The molecule has 1 N–H and O–H groups in total. The van der Waals surface area contributed by atoms with Crippen molar-refractivity contribution in [1.29, 1.82) is 0 Å². The van der Waals surface area contributed by atoms with Crippen LogP contribution in [-0.2, 0) is 6.42 Å². The van der Waals surface area contributed by atoms with Gasteiger partial charge in [-0.15, -0.1) is 11.3 Å². The van der Waals surface area contributed by atoms with Crippen LogP contribution in [0, 0.1) is 10.1 Å². The third-order valence-electron chi connectivity index (χ3n) is 3.08. The average molecular weight is 300 g/mol. The highest BCUT2D eigenvalue weighted by molar-refractivity contribution is 7.09. The predicted octanol–water partition coefficient (Wildman–Crippen LogP) is 3.25. The molecule has 2 heterocycles. The molecule has 0 bridgehead atoms. The number of anilines is 1. The zero-order chi connectivity index (χ0) is 14.7. The summed E-state index contributed by atoms with van der Waals surface area (Å²) in [4.78, 5) is 19.3. The van der Waals surface area contributed by atoms with Crippen LogP contribution in [0.5, 0.6) is 0 Å². The van der Waals surface area contributed by atoms with Gasteiger partial charge in [-0.25, -0.2) is 4.98 Å². The maximum Gasteiger partial charge on any atom is 0.301 e. The molecule has 0 unspecified atom stereocenters. The second-order valence-electron chi connectivity index (χ2n) is 4.39. The van der Waals surface area contributed by atoms with E-state index in [-0.39, 0.29) is 10.6 Å². The van der Waals surface area contributed by atoms with Crippen molar-refractivity contribution in [2.24, 2.45) is 0 Å². The first-order valence-corrected chi connectivity index (χ1v) is 7.28. The van der Waals surface area contributed by atoms with E-state index in [0.717, 1.165) is 11.4 Å².